The first-order valence-electron chi connectivity index (χ1n) is 5.83. The van der Waals surface area contributed by atoms with E-state index in [2.05, 4.69) is 10.3 Å². The van der Waals surface area contributed by atoms with Crippen LogP contribution in [-0.4, -0.2) is 40.4 Å². The molecule has 0 aliphatic carbocycles. The van der Waals surface area contributed by atoms with E-state index in [0.717, 1.165) is 0 Å². The highest BCUT2D eigenvalue weighted by Gasteiger charge is 2.34. The number of ether oxygens (including phenoxy) is 1. The molecule has 1 aliphatic rings. The third-order valence-electron chi connectivity index (χ3n) is 3.17. The highest BCUT2D eigenvalue weighted by atomic mass is 35.5. The molecule has 104 valence electrons. The van der Waals surface area contributed by atoms with Crippen LogP contribution in [0.4, 0.5) is 11.5 Å². The summed E-state index contributed by atoms with van der Waals surface area (Å²) in [6, 6.07) is 1.24. The van der Waals surface area contributed by atoms with Gasteiger partial charge in [0.05, 0.1) is 22.1 Å². The van der Waals surface area contributed by atoms with E-state index in [1.54, 1.807) is 0 Å². The molecule has 19 heavy (non-hydrogen) atoms. The van der Waals surface area contributed by atoms with Gasteiger partial charge in [-0.15, -0.1) is 0 Å². The molecular formula is C11H14ClN3O4. The third-order valence-corrected chi connectivity index (χ3v) is 3.37. The first-order valence-corrected chi connectivity index (χ1v) is 6.21. The molecule has 8 heteroatoms. The lowest BCUT2D eigenvalue weighted by molar-refractivity contribution is -0.384. The monoisotopic (exact) mass is 287 g/mol. The Balaban J connectivity index is 2.28. The number of aliphatic hydroxyl groups is 1. The van der Waals surface area contributed by atoms with E-state index in [1.807, 2.05) is 0 Å². The number of nitrogens with one attached hydrogen (secondary N) is 1. The van der Waals surface area contributed by atoms with Crippen molar-refractivity contribution < 1.29 is 14.8 Å². The molecule has 0 bridgehead atoms. The molecule has 2 rings (SSSR count). The minimum absolute atomic E-state index is 0.116. The first-order chi connectivity index (χ1) is 9.06. The standard InChI is InChI=1S/C11H14ClN3O4/c12-8-5-9(15(17)18)10(13-6-8)14-11(7-16)1-3-19-4-2-11/h5-6,16H,1-4,7H2,(H,13,14). The molecule has 1 saturated heterocycles. The van der Waals surface area contributed by atoms with Crippen LogP contribution < -0.4 is 5.32 Å². The fraction of sp³-hybridized carbons (Fsp3) is 0.545. The van der Waals surface area contributed by atoms with E-state index in [0.29, 0.717) is 26.1 Å². The highest BCUT2D eigenvalue weighted by Crippen LogP contribution is 2.31. The van der Waals surface area contributed by atoms with Crippen molar-refractivity contribution in [2.75, 3.05) is 25.1 Å². The van der Waals surface area contributed by atoms with Gasteiger partial charge >= 0.3 is 5.69 Å². The fourth-order valence-corrected chi connectivity index (χ4v) is 2.15. The van der Waals surface area contributed by atoms with Crippen molar-refractivity contribution in [1.29, 1.82) is 0 Å². The van der Waals surface area contributed by atoms with Crippen molar-refractivity contribution in [2.24, 2.45) is 0 Å². The van der Waals surface area contributed by atoms with Crippen LogP contribution >= 0.6 is 11.6 Å². The molecule has 2 heterocycles. The van der Waals surface area contributed by atoms with Crippen molar-refractivity contribution in [3.63, 3.8) is 0 Å². The SMILES string of the molecule is O=[N+]([O-])c1cc(Cl)cnc1NC1(CO)CCOCC1. The topological polar surface area (TPSA) is 97.5 Å². The second kappa shape index (κ2) is 5.68. The Morgan fingerprint density at radius 3 is 2.84 bits per heavy atom. The molecule has 0 radical (unpaired) electrons. The molecule has 1 aromatic heterocycles. The smallest absolute Gasteiger partial charge is 0.312 e. The van der Waals surface area contributed by atoms with Crippen LogP contribution in [0.15, 0.2) is 12.3 Å². The van der Waals surface area contributed by atoms with Crippen molar-refractivity contribution in [3.05, 3.63) is 27.4 Å². The lowest BCUT2D eigenvalue weighted by Gasteiger charge is -2.36. The maximum Gasteiger partial charge on any atom is 0.312 e. The fourth-order valence-electron chi connectivity index (χ4n) is 2.00. The minimum Gasteiger partial charge on any atom is -0.394 e. The van der Waals surface area contributed by atoms with Crippen molar-refractivity contribution >= 4 is 23.1 Å². The summed E-state index contributed by atoms with van der Waals surface area (Å²) in [5.74, 6) is 0.116. The van der Waals surface area contributed by atoms with Gasteiger partial charge in [-0.05, 0) is 12.8 Å². The van der Waals surface area contributed by atoms with Crippen LogP contribution in [0.5, 0.6) is 0 Å². The quantitative estimate of drug-likeness (QED) is 0.645. The molecule has 0 unspecified atom stereocenters. The zero-order chi connectivity index (χ0) is 13.9. The summed E-state index contributed by atoms with van der Waals surface area (Å²) in [7, 11) is 0. The Kier molecular flexibility index (Phi) is 4.18. The number of rotatable bonds is 4. The summed E-state index contributed by atoms with van der Waals surface area (Å²) in [5, 5.41) is 23.7. The summed E-state index contributed by atoms with van der Waals surface area (Å²) in [6.07, 6.45) is 2.46. The number of hydrogen-bond donors (Lipinski definition) is 2. The molecule has 1 fully saturated rings. The Hall–Kier alpha value is -1.44. The molecule has 0 aromatic carbocycles. The molecule has 1 aliphatic heterocycles. The van der Waals surface area contributed by atoms with Crippen LogP contribution in [0, 0.1) is 10.1 Å². The van der Waals surface area contributed by atoms with Gasteiger partial charge in [0.25, 0.3) is 0 Å². The van der Waals surface area contributed by atoms with Gasteiger partial charge in [-0.25, -0.2) is 4.98 Å². The molecule has 0 spiro atoms. The number of anilines is 1. The van der Waals surface area contributed by atoms with Crippen LogP contribution in [0.25, 0.3) is 0 Å². The molecule has 0 atom stereocenters. The molecule has 2 N–H and O–H groups in total. The van der Waals surface area contributed by atoms with Gasteiger partial charge in [-0.3, -0.25) is 10.1 Å². The Bertz CT molecular complexity index is 477. The van der Waals surface area contributed by atoms with Gasteiger partial charge in [-0.2, -0.15) is 0 Å². The lowest BCUT2D eigenvalue weighted by Crippen LogP contribution is -2.47. The van der Waals surface area contributed by atoms with Crippen LogP contribution in [0.2, 0.25) is 5.02 Å². The average Bonchev–Trinajstić information content (AvgIpc) is 2.42. The third kappa shape index (κ3) is 3.12. The predicted molar refractivity (Wildman–Crippen MR) is 69.4 cm³/mol. The number of nitrogens with zero attached hydrogens (tertiary/aromatic N) is 2. The predicted octanol–water partition coefficient (Wildman–Crippen LogP) is 1.60. The number of halogens is 1. The first kappa shape index (κ1) is 14.0. The normalized spacial score (nSPS) is 18.0. The van der Waals surface area contributed by atoms with E-state index >= 15 is 0 Å². The number of aliphatic hydroxyl groups excluding tert-OH is 1. The molecule has 7 nitrogen and oxygen atoms in total. The van der Waals surface area contributed by atoms with Crippen molar-refractivity contribution in [2.45, 2.75) is 18.4 Å². The van der Waals surface area contributed by atoms with Gasteiger partial charge in [0.2, 0.25) is 5.82 Å². The Morgan fingerprint density at radius 2 is 2.26 bits per heavy atom. The summed E-state index contributed by atoms with van der Waals surface area (Å²) in [6.45, 7) is 0.849. The summed E-state index contributed by atoms with van der Waals surface area (Å²) >= 11 is 5.71. The summed E-state index contributed by atoms with van der Waals surface area (Å²) < 4.78 is 5.23. The number of nitro groups is 1. The van der Waals surface area contributed by atoms with Crippen LogP contribution in [-0.2, 0) is 4.74 Å². The minimum atomic E-state index is -0.635. The van der Waals surface area contributed by atoms with E-state index in [-0.39, 0.29) is 23.1 Å². The zero-order valence-electron chi connectivity index (χ0n) is 10.1. The molecule has 1 aromatic rings. The van der Waals surface area contributed by atoms with Crippen molar-refractivity contribution in [1.82, 2.24) is 4.98 Å². The van der Waals surface area contributed by atoms with Gasteiger partial charge in [-0.1, -0.05) is 11.6 Å². The van der Waals surface area contributed by atoms with E-state index in [4.69, 9.17) is 16.3 Å². The highest BCUT2D eigenvalue weighted by molar-refractivity contribution is 6.30. The Labute approximate surface area is 114 Å². The number of pyridine rings is 1. The van der Waals surface area contributed by atoms with E-state index < -0.39 is 10.5 Å². The van der Waals surface area contributed by atoms with Crippen LogP contribution in [0.1, 0.15) is 12.8 Å². The van der Waals surface area contributed by atoms with Crippen molar-refractivity contribution in [3.8, 4) is 0 Å². The second-order valence-corrected chi connectivity index (χ2v) is 4.89. The van der Waals surface area contributed by atoms with E-state index in [1.165, 1.54) is 12.3 Å². The zero-order valence-corrected chi connectivity index (χ0v) is 10.9. The van der Waals surface area contributed by atoms with Gasteiger partial charge < -0.3 is 15.2 Å². The van der Waals surface area contributed by atoms with E-state index in [9.17, 15) is 15.2 Å². The molecular weight excluding hydrogens is 274 g/mol. The average molecular weight is 288 g/mol. The Morgan fingerprint density at radius 1 is 1.58 bits per heavy atom. The maximum atomic E-state index is 11.0. The second-order valence-electron chi connectivity index (χ2n) is 4.45. The number of aromatic nitrogens is 1. The van der Waals surface area contributed by atoms with Crippen LogP contribution in [0.3, 0.4) is 0 Å². The van der Waals surface area contributed by atoms with Gasteiger partial charge in [0.1, 0.15) is 0 Å². The maximum absolute atomic E-state index is 11.0. The summed E-state index contributed by atoms with van der Waals surface area (Å²) in [5.41, 5.74) is -0.837. The van der Waals surface area contributed by atoms with Gasteiger partial charge in [0, 0.05) is 25.5 Å². The molecule has 0 amide bonds. The van der Waals surface area contributed by atoms with Gasteiger partial charge in [0.15, 0.2) is 0 Å². The molecule has 0 saturated carbocycles. The largest absolute Gasteiger partial charge is 0.394 e. The lowest BCUT2D eigenvalue weighted by atomic mass is 9.91. The summed E-state index contributed by atoms with van der Waals surface area (Å²) in [4.78, 5) is 14.4. The number of hydrogen-bond acceptors (Lipinski definition) is 6.